The number of nitrogens with zero attached hydrogens (tertiary/aromatic N) is 3. The smallest absolute Gasteiger partial charge is 0.204 e. The van der Waals surface area contributed by atoms with Crippen LogP contribution in [-0.2, 0) is 5.75 Å². The lowest BCUT2D eigenvalue weighted by atomic mass is 10.5. The van der Waals surface area contributed by atoms with Crippen LogP contribution in [0.4, 0.5) is 0 Å². The van der Waals surface area contributed by atoms with E-state index < -0.39 is 0 Å². The van der Waals surface area contributed by atoms with Gasteiger partial charge in [0.2, 0.25) is 5.96 Å². The van der Waals surface area contributed by atoms with E-state index in [9.17, 15) is 0 Å². The molecule has 0 radical (unpaired) electrons. The summed E-state index contributed by atoms with van der Waals surface area (Å²) in [7, 11) is 0. The van der Waals surface area contributed by atoms with E-state index in [1.54, 1.807) is 11.3 Å². The number of thioether (sulfide) groups is 1. The first-order valence-corrected chi connectivity index (χ1v) is 7.79. The average Bonchev–Trinajstić information content (AvgIpc) is 2.88. The van der Waals surface area contributed by atoms with Gasteiger partial charge >= 0.3 is 0 Å². The zero-order chi connectivity index (χ0) is 13.1. The highest BCUT2D eigenvalue weighted by Gasteiger charge is 1.98. The fraction of sp³-hybridized carbons (Fsp3) is 0.545. The van der Waals surface area contributed by atoms with Crippen molar-refractivity contribution in [1.82, 2.24) is 15.6 Å². The van der Waals surface area contributed by atoms with Gasteiger partial charge in [0.05, 0.1) is 0 Å². The third kappa shape index (κ3) is 6.47. The summed E-state index contributed by atoms with van der Waals surface area (Å²) in [6.07, 6.45) is 4.68. The predicted molar refractivity (Wildman–Crippen MR) is 77.6 cm³/mol. The van der Waals surface area contributed by atoms with Gasteiger partial charge in [0.1, 0.15) is 5.01 Å². The Morgan fingerprint density at radius 1 is 1.67 bits per heavy atom. The van der Waals surface area contributed by atoms with E-state index in [1.807, 2.05) is 29.5 Å². The Balaban J connectivity index is 2.13. The molecule has 98 valence electrons. The predicted octanol–water partition coefficient (Wildman–Crippen LogP) is 1.80. The monoisotopic (exact) mass is 283 g/mol. The first kappa shape index (κ1) is 14.8. The Labute approximate surface area is 116 Å². The number of hydrogen-bond donors (Lipinski definition) is 2. The van der Waals surface area contributed by atoms with Crippen LogP contribution in [0.25, 0.3) is 0 Å². The van der Waals surface area contributed by atoms with Gasteiger partial charge in [-0.15, -0.1) is 11.3 Å². The van der Waals surface area contributed by atoms with Crippen molar-refractivity contribution in [2.24, 2.45) is 4.99 Å². The lowest BCUT2D eigenvalue weighted by Crippen LogP contribution is -2.36. The molecule has 18 heavy (non-hydrogen) atoms. The van der Waals surface area contributed by atoms with Crippen LogP contribution in [0.1, 0.15) is 18.4 Å². The van der Waals surface area contributed by atoms with Gasteiger partial charge in [0.15, 0.2) is 6.19 Å². The highest BCUT2D eigenvalue weighted by Crippen LogP contribution is 2.13. The fourth-order valence-electron chi connectivity index (χ4n) is 1.14. The minimum atomic E-state index is 0.564. The molecule has 0 bridgehead atoms. The summed E-state index contributed by atoms with van der Waals surface area (Å²) in [4.78, 5) is 8.45. The van der Waals surface area contributed by atoms with E-state index in [4.69, 9.17) is 5.26 Å². The second-order valence-corrected chi connectivity index (χ2v) is 5.46. The van der Waals surface area contributed by atoms with Crippen LogP contribution in [0.3, 0.4) is 0 Å². The highest BCUT2D eigenvalue weighted by molar-refractivity contribution is 7.98. The lowest BCUT2D eigenvalue weighted by molar-refractivity contribution is 0.875. The third-order valence-corrected chi connectivity index (χ3v) is 3.85. The third-order valence-electron chi connectivity index (χ3n) is 1.92. The number of aliphatic imine (C=N–C) groups is 1. The van der Waals surface area contributed by atoms with Crippen LogP contribution >= 0.6 is 23.1 Å². The van der Waals surface area contributed by atoms with Crippen molar-refractivity contribution >= 4 is 29.1 Å². The van der Waals surface area contributed by atoms with Gasteiger partial charge in [0, 0.05) is 36.2 Å². The molecule has 0 aliphatic heterocycles. The zero-order valence-corrected chi connectivity index (χ0v) is 12.0. The van der Waals surface area contributed by atoms with Gasteiger partial charge in [-0.05, 0) is 6.42 Å². The number of nitriles is 1. The molecule has 0 spiro atoms. The molecule has 1 rings (SSSR count). The molecule has 2 N–H and O–H groups in total. The van der Waals surface area contributed by atoms with Gasteiger partial charge in [-0.25, -0.2) is 4.98 Å². The van der Waals surface area contributed by atoms with Crippen LogP contribution in [0.15, 0.2) is 16.6 Å². The van der Waals surface area contributed by atoms with E-state index in [0.717, 1.165) is 36.0 Å². The van der Waals surface area contributed by atoms with Crippen LogP contribution in [-0.4, -0.2) is 29.8 Å². The Bertz CT molecular complexity index is 383. The molecular formula is C11H17N5S2. The first-order chi connectivity index (χ1) is 8.86. The normalized spacial score (nSPS) is 11.0. The SMILES string of the molecule is CCCN=C(NC#N)NCCSCc1nccs1. The first-order valence-electron chi connectivity index (χ1n) is 5.76. The van der Waals surface area contributed by atoms with Crippen molar-refractivity contribution in [3.05, 3.63) is 16.6 Å². The molecule has 0 aromatic carbocycles. The maximum Gasteiger partial charge on any atom is 0.204 e. The van der Waals surface area contributed by atoms with Crippen molar-refractivity contribution in [2.45, 2.75) is 19.1 Å². The van der Waals surface area contributed by atoms with Crippen molar-refractivity contribution in [3.8, 4) is 6.19 Å². The quantitative estimate of drug-likeness (QED) is 0.262. The van der Waals surface area contributed by atoms with Gasteiger partial charge < -0.3 is 5.32 Å². The summed E-state index contributed by atoms with van der Waals surface area (Å²) >= 11 is 3.49. The maximum atomic E-state index is 8.57. The molecule has 7 heteroatoms. The molecule has 0 saturated carbocycles. The molecule has 1 heterocycles. The van der Waals surface area contributed by atoms with Crippen LogP contribution in [0, 0.1) is 11.5 Å². The Hall–Kier alpha value is -1.26. The summed E-state index contributed by atoms with van der Waals surface area (Å²) in [5.74, 6) is 2.46. The maximum absolute atomic E-state index is 8.57. The molecule has 0 saturated heterocycles. The number of thiazole rings is 1. The van der Waals surface area contributed by atoms with Crippen LogP contribution < -0.4 is 10.6 Å². The molecule has 1 aromatic rings. The molecule has 0 aliphatic carbocycles. The number of hydrogen-bond acceptors (Lipinski definition) is 5. The summed E-state index contributed by atoms with van der Waals surface area (Å²) in [5.41, 5.74) is 0. The number of guanidine groups is 1. The summed E-state index contributed by atoms with van der Waals surface area (Å²) in [5, 5.41) is 17.4. The molecule has 0 aliphatic rings. The molecule has 1 aromatic heterocycles. The Kier molecular flexibility index (Phi) is 8.01. The second-order valence-electron chi connectivity index (χ2n) is 3.37. The van der Waals surface area contributed by atoms with Gasteiger partial charge in [0.25, 0.3) is 0 Å². The van der Waals surface area contributed by atoms with Gasteiger partial charge in [-0.2, -0.15) is 17.0 Å². The van der Waals surface area contributed by atoms with Crippen molar-refractivity contribution < 1.29 is 0 Å². The molecule has 0 fully saturated rings. The largest absolute Gasteiger partial charge is 0.355 e. The van der Waals surface area contributed by atoms with Crippen molar-refractivity contribution in [3.63, 3.8) is 0 Å². The minimum absolute atomic E-state index is 0.564. The summed E-state index contributed by atoms with van der Waals surface area (Å²) in [6, 6.07) is 0. The van der Waals surface area contributed by atoms with Crippen molar-refractivity contribution in [2.75, 3.05) is 18.8 Å². The molecule has 0 unspecified atom stereocenters. The summed E-state index contributed by atoms with van der Waals surface area (Å²) in [6.45, 7) is 3.56. The van der Waals surface area contributed by atoms with Crippen molar-refractivity contribution in [1.29, 1.82) is 5.26 Å². The van der Waals surface area contributed by atoms with Gasteiger partial charge in [-0.3, -0.25) is 10.3 Å². The second kappa shape index (κ2) is 9.74. The molecule has 0 atom stereocenters. The molecular weight excluding hydrogens is 266 g/mol. The van der Waals surface area contributed by atoms with E-state index in [2.05, 4.69) is 27.5 Å². The van der Waals surface area contributed by atoms with Gasteiger partial charge in [-0.1, -0.05) is 6.92 Å². The zero-order valence-electron chi connectivity index (χ0n) is 10.3. The average molecular weight is 283 g/mol. The van der Waals surface area contributed by atoms with Crippen LogP contribution in [0.2, 0.25) is 0 Å². The minimum Gasteiger partial charge on any atom is -0.355 e. The van der Waals surface area contributed by atoms with E-state index >= 15 is 0 Å². The highest BCUT2D eigenvalue weighted by atomic mass is 32.2. The number of aromatic nitrogens is 1. The van der Waals surface area contributed by atoms with Crippen LogP contribution in [0.5, 0.6) is 0 Å². The van der Waals surface area contributed by atoms with E-state index in [0.29, 0.717) is 5.96 Å². The standard InChI is InChI=1S/C11H17N5S2/c1-2-3-14-11(16-9-12)15-4-6-17-8-10-13-5-7-18-10/h5,7H,2-4,6,8H2,1H3,(H2,14,15,16). The fourth-order valence-corrected chi connectivity index (χ4v) is 2.70. The topological polar surface area (TPSA) is 73.1 Å². The Morgan fingerprint density at radius 3 is 3.22 bits per heavy atom. The summed E-state index contributed by atoms with van der Waals surface area (Å²) < 4.78 is 0. The van der Waals surface area contributed by atoms with E-state index in [1.165, 1.54) is 0 Å². The van der Waals surface area contributed by atoms with E-state index in [-0.39, 0.29) is 0 Å². The molecule has 5 nitrogen and oxygen atoms in total. The lowest BCUT2D eigenvalue weighted by Gasteiger charge is -2.07. The number of rotatable bonds is 7. The Morgan fingerprint density at radius 2 is 2.56 bits per heavy atom. The number of nitrogens with one attached hydrogen (secondary N) is 2. The molecule has 0 amide bonds.